The van der Waals surface area contributed by atoms with E-state index < -0.39 is 65.8 Å². The minimum Gasteiger partial charge on any atom is -0.457 e. The summed E-state index contributed by atoms with van der Waals surface area (Å²) in [6, 6.07) is 0. The largest absolute Gasteiger partial charge is 0.457 e. The maximum atomic E-state index is 14.4. The summed E-state index contributed by atoms with van der Waals surface area (Å²) in [4.78, 5) is 11.0. The second-order valence-corrected chi connectivity index (χ2v) is 5.70. The van der Waals surface area contributed by atoms with Crippen molar-refractivity contribution in [2.75, 3.05) is 0 Å². The maximum absolute atomic E-state index is 14.4. The van der Waals surface area contributed by atoms with Gasteiger partial charge < -0.3 is 4.74 Å². The molecule has 5 atom stereocenters. The Morgan fingerprint density at radius 2 is 1.52 bits per heavy atom. The van der Waals surface area contributed by atoms with Crippen LogP contribution in [0.2, 0.25) is 0 Å². The summed E-state index contributed by atoms with van der Waals surface area (Å²) in [5, 5.41) is 0. The number of esters is 1. The first-order chi connectivity index (χ1) is 9.43. The van der Waals surface area contributed by atoms with E-state index in [0.29, 0.717) is 0 Å². The number of carbonyl (C=O) groups excluding carboxylic acids is 1. The first-order valence-corrected chi connectivity index (χ1v) is 6.11. The van der Waals surface area contributed by atoms with Gasteiger partial charge in [0.15, 0.2) is 0 Å². The van der Waals surface area contributed by atoms with Gasteiger partial charge in [0, 0.05) is 11.8 Å². The van der Waals surface area contributed by atoms with E-state index in [1.54, 1.807) is 0 Å². The molecule has 5 unspecified atom stereocenters. The number of halogens is 7. The van der Waals surface area contributed by atoms with Crippen molar-refractivity contribution in [3.8, 4) is 0 Å². The fourth-order valence-electron chi connectivity index (χ4n) is 3.98. The van der Waals surface area contributed by atoms with E-state index in [4.69, 9.17) is 0 Å². The van der Waals surface area contributed by atoms with Crippen molar-refractivity contribution in [2.45, 2.75) is 42.1 Å². The molecule has 0 spiro atoms. The minimum absolute atomic E-state index is 0.558. The van der Waals surface area contributed by atoms with Crippen LogP contribution in [0.25, 0.3) is 0 Å². The summed E-state index contributed by atoms with van der Waals surface area (Å²) in [5.74, 6) is -17.1. The van der Waals surface area contributed by atoms with E-state index in [0.717, 1.165) is 0 Å². The standard InChI is InChI=1S/C12H9F7O2/c1-4(13)8(20)21-7-3-5-2-6(7)10(15)9(5,14)11(16,17)12(10,18)19/h5-7H,1-3H2. The Morgan fingerprint density at radius 1 is 1.00 bits per heavy atom. The highest BCUT2D eigenvalue weighted by atomic mass is 19.3. The molecule has 21 heavy (non-hydrogen) atoms. The molecule has 0 amide bonds. The minimum atomic E-state index is -5.20. The zero-order chi connectivity index (χ0) is 16.0. The van der Waals surface area contributed by atoms with Gasteiger partial charge in [-0.2, -0.15) is 22.0 Å². The molecule has 0 radical (unpaired) electrons. The Kier molecular flexibility index (Phi) is 2.47. The van der Waals surface area contributed by atoms with Crippen LogP contribution < -0.4 is 0 Å². The molecule has 3 saturated carbocycles. The highest BCUT2D eigenvalue weighted by Crippen LogP contribution is 2.80. The van der Waals surface area contributed by atoms with Crippen LogP contribution in [0.5, 0.6) is 0 Å². The molecule has 0 aliphatic heterocycles. The van der Waals surface area contributed by atoms with Gasteiger partial charge in [0.2, 0.25) is 17.2 Å². The lowest BCUT2D eigenvalue weighted by Crippen LogP contribution is -2.88. The first kappa shape index (κ1) is 14.6. The third-order valence-corrected chi connectivity index (χ3v) is 4.90. The number of ether oxygens (including phenoxy) is 1. The highest BCUT2D eigenvalue weighted by Gasteiger charge is 3.04. The molecular formula is C12H9F7O2. The lowest BCUT2D eigenvalue weighted by molar-refractivity contribution is -0.452. The number of alkyl halides is 6. The van der Waals surface area contributed by atoms with E-state index in [9.17, 15) is 35.5 Å². The summed E-state index contributed by atoms with van der Waals surface area (Å²) in [7, 11) is 0. The molecule has 3 rings (SSSR count). The summed E-state index contributed by atoms with van der Waals surface area (Å²) in [6.07, 6.45) is -2.75. The summed E-state index contributed by atoms with van der Waals surface area (Å²) in [6.45, 7) is 2.61. The van der Waals surface area contributed by atoms with E-state index in [1.807, 2.05) is 0 Å². The van der Waals surface area contributed by atoms with Crippen LogP contribution in [0.1, 0.15) is 12.8 Å². The van der Waals surface area contributed by atoms with Gasteiger partial charge in [0.25, 0.3) is 0 Å². The molecule has 118 valence electrons. The van der Waals surface area contributed by atoms with Gasteiger partial charge in [0.05, 0.1) is 0 Å². The first-order valence-electron chi connectivity index (χ1n) is 6.11. The second-order valence-electron chi connectivity index (χ2n) is 5.70. The Morgan fingerprint density at radius 3 is 2.05 bits per heavy atom. The molecule has 9 heteroatoms. The number of fused-ring (bicyclic) bond motifs is 5. The topological polar surface area (TPSA) is 26.3 Å². The maximum Gasteiger partial charge on any atom is 0.366 e. The van der Waals surface area contributed by atoms with Crippen LogP contribution in [-0.2, 0) is 9.53 Å². The van der Waals surface area contributed by atoms with Crippen molar-refractivity contribution >= 4 is 5.97 Å². The average Bonchev–Trinajstić information content (AvgIpc) is 2.87. The summed E-state index contributed by atoms with van der Waals surface area (Å²) >= 11 is 0. The normalized spacial score (nSPS) is 48.4. The smallest absolute Gasteiger partial charge is 0.366 e. The molecule has 0 aromatic carbocycles. The molecule has 0 aromatic rings. The van der Waals surface area contributed by atoms with E-state index in [2.05, 4.69) is 11.3 Å². The van der Waals surface area contributed by atoms with Crippen molar-refractivity contribution in [2.24, 2.45) is 11.8 Å². The molecule has 0 aromatic heterocycles. The van der Waals surface area contributed by atoms with Crippen LogP contribution in [-0.4, -0.2) is 35.3 Å². The van der Waals surface area contributed by atoms with Gasteiger partial charge in [-0.05, 0) is 12.8 Å². The molecule has 3 aliphatic carbocycles. The molecule has 2 nitrogen and oxygen atoms in total. The van der Waals surface area contributed by atoms with Gasteiger partial charge >= 0.3 is 17.8 Å². The predicted molar refractivity (Wildman–Crippen MR) is 53.9 cm³/mol. The summed E-state index contributed by atoms with van der Waals surface area (Å²) < 4.78 is 99.2. The van der Waals surface area contributed by atoms with Crippen molar-refractivity contribution in [1.82, 2.24) is 0 Å². The van der Waals surface area contributed by atoms with Gasteiger partial charge in [-0.15, -0.1) is 0 Å². The lowest BCUT2D eigenvalue weighted by atomic mass is 9.54. The highest BCUT2D eigenvalue weighted by molar-refractivity contribution is 5.85. The van der Waals surface area contributed by atoms with Gasteiger partial charge in [0.1, 0.15) is 6.10 Å². The zero-order valence-electron chi connectivity index (χ0n) is 10.3. The SMILES string of the molecule is C=C(F)C(=O)OC1CC2CC1C1(F)C(F)(F)C(F)(F)C21F. The molecule has 0 heterocycles. The van der Waals surface area contributed by atoms with Crippen LogP contribution in [0.3, 0.4) is 0 Å². The Bertz CT molecular complexity index is 548. The van der Waals surface area contributed by atoms with E-state index in [-0.39, 0.29) is 0 Å². The van der Waals surface area contributed by atoms with Gasteiger partial charge in [-0.25, -0.2) is 13.6 Å². The third-order valence-electron chi connectivity index (χ3n) is 4.90. The zero-order valence-corrected chi connectivity index (χ0v) is 10.3. The monoisotopic (exact) mass is 318 g/mol. The number of rotatable bonds is 2. The van der Waals surface area contributed by atoms with Crippen molar-refractivity contribution < 1.29 is 40.3 Å². The van der Waals surface area contributed by atoms with Crippen molar-refractivity contribution in [1.29, 1.82) is 0 Å². The Balaban J connectivity index is 1.93. The molecular weight excluding hydrogens is 309 g/mol. The van der Waals surface area contributed by atoms with Crippen LogP contribution in [0, 0.1) is 11.8 Å². The fraction of sp³-hybridized carbons (Fsp3) is 0.750. The van der Waals surface area contributed by atoms with Crippen molar-refractivity contribution in [3.63, 3.8) is 0 Å². The molecule has 2 bridgehead atoms. The summed E-state index contributed by atoms with van der Waals surface area (Å²) in [5.41, 5.74) is -8.10. The molecule has 3 aliphatic rings. The van der Waals surface area contributed by atoms with Crippen LogP contribution in [0.4, 0.5) is 30.7 Å². The molecule has 3 fully saturated rings. The number of hydrogen-bond acceptors (Lipinski definition) is 2. The van der Waals surface area contributed by atoms with E-state index in [1.165, 1.54) is 0 Å². The van der Waals surface area contributed by atoms with E-state index >= 15 is 0 Å². The van der Waals surface area contributed by atoms with Crippen LogP contribution >= 0.6 is 0 Å². The Labute approximate surface area is 113 Å². The third kappa shape index (κ3) is 1.18. The quantitative estimate of drug-likeness (QED) is 0.444. The van der Waals surface area contributed by atoms with Crippen molar-refractivity contribution in [3.05, 3.63) is 12.4 Å². The molecule has 0 saturated heterocycles. The number of hydrogen-bond donors (Lipinski definition) is 0. The molecule has 0 N–H and O–H groups in total. The lowest BCUT2D eigenvalue weighted by Gasteiger charge is -2.61. The van der Waals surface area contributed by atoms with Gasteiger partial charge in [-0.3, -0.25) is 0 Å². The predicted octanol–water partition coefficient (Wildman–Crippen LogP) is 3.12. The second kappa shape index (κ2) is 3.55. The Hall–Kier alpha value is -1.28. The van der Waals surface area contributed by atoms with Gasteiger partial charge in [-0.1, -0.05) is 6.58 Å². The number of carbonyl (C=O) groups is 1. The average molecular weight is 318 g/mol. The van der Waals surface area contributed by atoms with Crippen LogP contribution in [0.15, 0.2) is 12.4 Å². The fourth-order valence-corrected chi connectivity index (χ4v) is 3.98.